The van der Waals surface area contributed by atoms with Gasteiger partial charge in [0.1, 0.15) is 0 Å². The summed E-state index contributed by atoms with van der Waals surface area (Å²) in [7, 11) is 0. The minimum absolute atomic E-state index is 0.0243. The van der Waals surface area contributed by atoms with Gasteiger partial charge in [-0.3, -0.25) is 0 Å². The maximum atomic E-state index is 12.3. The molecule has 1 atom stereocenters. The van der Waals surface area contributed by atoms with Crippen LogP contribution in [0.1, 0.15) is 26.2 Å². The van der Waals surface area contributed by atoms with Crippen LogP contribution in [0.5, 0.6) is 0 Å². The number of rotatable bonds is 1. The topological polar surface area (TPSA) is 9.23 Å². The second-order valence-corrected chi connectivity index (χ2v) is 2.80. The van der Waals surface area contributed by atoms with Crippen LogP contribution in [-0.4, -0.2) is 18.4 Å². The molecule has 1 fully saturated rings. The predicted octanol–water partition coefficient (Wildman–Crippen LogP) is 2.51. The molecule has 0 aromatic rings. The Morgan fingerprint density at radius 3 is 2.27 bits per heavy atom. The molecule has 1 nitrogen and oxygen atoms in total. The maximum absolute atomic E-state index is 12.3. The second kappa shape index (κ2) is 2.66. The van der Waals surface area contributed by atoms with Crippen LogP contribution < -0.4 is 0 Å². The van der Waals surface area contributed by atoms with Crippen LogP contribution in [0.4, 0.5) is 13.2 Å². The van der Waals surface area contributed by atoms with E-state index in [4.69, 9.17) is 4.74 Å². The monoisotopic (exact) mass is 168 g/mol. The molecule has 1 saturated heterocycles. The lowest BCUT2D eigenvalue weighted by molar-refractivity contribution is -0.263. The van der Waals surface area contributed by atoms with E-state index in [2.05, 4.69) is 0 Å². The van der Waals surface area contributed by atoms with Crippen molar-refractivity contribution in [1.82, 2.24) is 0 Å². The van der Waals surface area contributed by atoms with Gasteiger partial charge in [0, 0.05) is 6.61 Å². The van der Waals surface area contributed by atoms with E-state index in [9.17, 15) is 13.2 Å². The molecule has 1 rings (SSSR count). The zero-order valence-corrected chi connectivity index (χ0v) is 6.37. The Morgan fingerprint density at radius 2 is 2.09 bits per heavy atom. The van der Waals surface area contributed by atoms with Crippen LogP contribution in [0.3, 0.4) is 0 Å². The summed E-state index contributed by atoms with van der Waals surface area (Å²) < 4.78 is 41.6. The van der Waals surface area contributed by atoms with Crippen molar-refractivity contribution < 1.29 is 17.9 Å². The van der Waals surface area contributed by atoms with E-state index in [1.807, 2.05) is 0 Å². The third-order valence-corrected chi connectivity index (χ3v) is 2.19. The zero-order chi connectivity index (χ0) is 8.54. The fraction of sp³-hybridized carbons (Fsp3) is 1.00. The summed E-state index contributed by atoms with van der Waals surface area (Å²) >= 11 is 0. The number of ether oxygens (including phenoxy) is 1. The summed E-state index contributed by atoms with van der Waals surface area (Å²) in [4.78, 5) is 0. The van der Waals surface area contributed by atoms with Crippen LogP contribution in [0.25, 0.3) is 0 Å². The van der Waals surface area contributed by atoms with Gasteiger partial charge in [0.15, 0.2) is 5.60 Å². The zero-order valence-electron chi connectivity index (χ0n) is 6.37. The van der Waals surface area contributed by atoms with E-state index in [0.717, 1.165) is 0 Å². The van der Waals surface area contributed by atoms with Gasteiger partial charge in [0.2, 0.25) is 0 Å². The Bertz CT molecular complexity index is 135. The maximum Gasteiger partial charge on any atom is 0.417 e. The minimum Gasteiger partial charge on any atom is -0.366 e. The molecule has 0 amide bonds. The smallest absolute Gasteiger partial charge is 0.366 e. The molecule has 0 aromatic heterocycles. The van der Waals surface area contributed by atoms with Gasteiger partial charge in [-0.05, 0) is 19.3 Å². The highest BCUT2D eigenvalue weighted by Gasteiger charge is 2.56. The molecule has 0 aliphatic carbocycles. The molecule has 0 bridgehead atoms. The van der Waals surface area contributed by atoms with Crippen molar-refractivity contribution in [3.8, 4) is 0 Å². The molecule has 0 radical (unpaired) electrons. The Morgan fingerprint density at radius 1 is 1.45 bits per heavy atom. The van der Waals surface area contributed by atoms with E-state index in [1.54, 1.807) is 0 Å². The number of halogens is 3. The fourth-order valence-corrected chi connectivity index (χ4v) is 1.40. The molecular weight excluding hydrogens is 157 g/mol. The molecule has 11 heavy (non-hydrogen) atoms. The molecule has 0 aromatic carbocycles. The number of alkyl halides is 3. The lowest BCUT2D eigenvalue weighted by Crippen LogP contribution is -2.43. The van der Waals surface area contributed by atoms with E-state index in [0.29, 0.717) is 6.42 Å². The first-order chi connectivity index (χ1) is 5.02. The first-order valence-electron chi connectivity index (χ1n) is 3.72. The van der Waals surface area contributed by atoms with Crippen LogP contribution >= 0.6 is 0 Å². The summed E-state index contributed by atoms with van der Waals surface area (Å²) in [5.41, 5.74) is -1.83. The highest BCUT2D eigenvalue weighted by molar-refractivity contribution is 4.90. The number of hydrogen-bond donors (Lipinski definition) is 0. The van der Waals surface area contributed by atoms with Crippen molar-refractivity contribution in [1.29, 1.82) is 0 Å². The average molecular weight is 168 g/mol. The van der Waals surface area contributed by atoms with Gasteiger partial charge in [-0.25, -0.2) is 0 Å². The number of hydrogen-bond acceptors (Lipinski definition) is 1. The van der Waals surface area contributed by atoms with Gasteiger partial charge < -0.3 is 4.74 Å². The summed E-state index contributed by atoms with van der Waals surface area (Å²) in [6.45, 7) is 1.76. The van der Waals surface area contributed by atoms with Crippen molar-refractivity contribution in [2.75, 3.05) is 6.61 Å². The van der Waals surface area contributed by atoms with Gasteiger partial charge in [-0.2, -0.15) is 13.2 Å². The third kappa shape index (κ3) is 1.36. The molecule has 1 unspecified atom stereocenters. The van der Waals surface area contributed by atoms with Crippen LogP contribution in [0, 0.1) is 0 Å². The quantitative estimate of drug-likeness (QED) is 0.584. The van der Waals surface area contributed by atoms with Crippen molar-refractivity contribution in [3.05, 3.63) is 0 Å². The van der Waals surface area contributed by atoms with Gasteiger partial charge in [-0.15, -0.1) is 0 Å². The molecule has 1 heterocycles. The van der Waals surface area contributed by atoms with Crippen molar-refractivity contribution in [2.24, 2.45) is 0 Å². The van der Waals surface area contributed by atoms with Crippen LogP contribution in [0.2, 0.25) is 0 Å². The molecule has 1 aliphatic heterocycles. The van der Waals surface area contributed by atoms with E-state index >= 15 is 0 Å². The Balaban J connectivity index is 2.75. The first kappa shape index (κ1) is 8.84. The molecule has 0 saturated carbocycles. The standard InChI is InChI=1S/C7H11F3O/c1-2-6(7(8,9)10)4-3-5-11-6/h2-5H2,1H3. The van der Waals surface area contributed by atoms with Crippen molar-refractivity contribution in [2.45, 2.75) is 38.0 Å². The highest BCUT2D eigenvalue weighted by atomic mass is 19.4. The van der Waals surface area contributed by atoms with Gasteiger partial charge >= 0.3 is 6.18 Å². The predicted molar refractivity (Wildman–Crippen MR) is 34.3 cm³/mol. The Labute approximate surface area is 63.5 Å². The molecule has 66 valence electrons. The van der Waals surface area contributed by atoms with E-state index < -0.39 is 11.8 Å². The molecule has 0 N–H and O–H groups in total. The lowest BCUT2D eigenvalue weighted by atomic mass is 9.96. The Hall–Kier alpha value is -0.250. The average Bonchev–Trinajstić information content (AvgIpc) is 2.33. The van der Waals surface area contributed by atoms with E-state index in [1.165, 1.54) is 6.92 Å². The molecule has 4 heteroatoms. The normalized spacial score (nSPS) is 32.7. The second-order valence-electron chi connectivity index (χ2n) is 2.80. The Kier molecular flexibility index (Phi) is 2.14. The largest absolute Gasteiger partial charge is 0.417 e. The summed E-state index contributed by atoms with van der Waals surface area (Å²) in [6, 6.07) is 0. The molecule has 0 spiro atoms. The van der Waals surface area contributed by atoms with Crippen molar-refractivity contribution >= 4 is 0 Å². The van der Waals surface area contributed by atoms with Gasteiger partial charge in [0.25, 0.3) is 0 Å². The SMILES string of the molecule is CCC1(C(F)(F)F)CCCO1. The first-order valence-corrected chi connectivity index (χ1v) is 3.72. The summed E-state index contributed by atoms with van der Waals surface area (Å²) in [5, 5.41) is 0. The van der Waals surface area contributed by atoms with Crippen LogP contribution in [0.15, 0.2) is 0 Å². The van der Waals surface area contributed by atoms with Crippen LogP contribution in [-0.2, 0) is 4.74 Å². The fourth-order valence-electron chi connectivity index (χ4n) is 1.40. The molecule has 1 aliphatic rings. The molecular formula is C7H11F3O. The summed E-state index contributed by atoms with van der Waals surface area (Å²) in [6.07, 6.45) is -3.53. The summed E-state index contributed by atoms with van der Waals surface area (Å²) in [5.74, 6) is 0. The van der Waals surface area contributed by atoms with Gasteiger partial charge in [0.05, 0.1) is 0 Å². The minimum atomic E-state index is -4.20. The lowest BCUT2D eigenvalue weighted by Gasteiger charge is -2.29. The van der Waals surface area contributed by atoms with Gasteiger partial charge in [-0.1, -0.05) is 6.92 Å². The highest BCUT2D eigenvalue weighted by Crippen LogP contribution is 2.43. The third-order valence-electron chi connectivity index (χ3n) is 2.19. The van der Waals surface area contributed by atoms with E-state index in [-0.39, 0.29) is 19.4 Å². The van der Waals surface area contributed by atoms with Crippen molar-refractivity contribution in [3.63, 3.8) is 0 Å².